The second-order valence-electron chi connectivity index (χ2n) is 6.33. The summed E-state index contributed by atoms with van der Waals surface area (Å²) in [4.78, 5) is 0. The molecule has 0 aliphatic carbocycles. The van der Waals surface area contributed by atoms with Gasteiger partial charge in [-0.05, 0) is 49.7 Å². The fourth-order valence-electron chi connectivity index (χ4n) is 1.76. The molecule has 1 heteroatoms. The van der Waals surface area contributed by atoms with Gasteiger partial charge in [0.25, 0.3) is 0 Å². The summed E-state index contributed by atoms with van der Waals surface area (Å²) in [7, 11) is 1.76. The Morgan fingerprint density at radius 1 is 1.20 bits per heavy atom. The Morgan fingerprint density at radius 2 is 1.70 bits per heavy atom. The van der Waals surface area contributed by atoms with Crippen LogP contribution < -0.4 is 0 Å². The van der Waals surface area contributed by atoms with Crippen LogP contribution >= 0.6 is 0 Å². The van der Waals surface area contributed by atoms with E-state index in [-0.39, 0.29) is 5.41 Å². The number of allylic oxidation sites excluding steroid dienone is 3. The Labute approximate surface area is 128 Å². The van der Waals surface area contributed by atoms with E-state index in [9.17, 15) is 0 Å². The van der Waals surface area contributed by atoms with Crippen molar-refractivity contribution in [1.82, 2.24) is 0 Å². The summed E-state index contributed by atoms with van der Waals surface area (Å²) in [6.45, 7) is 17.6. The van der Waals surface area contributed by atoms with Crippen molar-refractivity contribution in [3.63, 3.8) is 0 Å². The molecule has 0 heterocycles. The van der Waals surface area contributed by atoms with Crippen molar-refractivity contribution in [1.29, 1.82) is 0 Å². The summed E-state index contributed by atoms with van der Waals surface area (Å²) in [5.74, 6) is 1.80. The zero-order chi connectivity index (χ0) is 16.2. The van der Waals surface area contributed by atoms with Gasteiger partial charge in [-0.25, -0.2) is 0 Å². The van der Waals surface area contributed by atoms with Crippen LogP contribution in [0.2, 0.25) is 0 Å². The van der Waals surface area contributed by atoms with Gasteiger partial charge in [-0.1, -0.05) is 60.5 Å². The van der Waals surface area contributed by atoms with Crippen LogP contribution in [0.4, 0.5) is 0 Å². The lowest BCUT2D eigenvalue weighted by Gasteiger charge is -2.26. The van der Waals surface area contributed by atoms with Crippen LogP contribution in [0.25, 0.3) is 0 Å². The predicted molar refractivity (Wildman–Crippen MR) is 93.0 cm³/mol. The van der Waals surface area contributed by atoms with Crippen molar-refractivity contribution < 1.29 is 4.74 Å². The van der Waals surface area contributed by atoms with E-state index in [0.717, 1.165) is 18.1 Å². The molecule has 1 nitrogen and oxygen atoms in total. The summed E-state index contributed by atoms with van der Waals surface area (Å²) >= 11 is 0. The topological polar surface area (TPSA) is 9.23 Å². The van der Waals surface area contributed by atoms with Crippen LogP contribution in [-0.2, 0) is 4.74 Å². The summed E-state index contributed by atoms with van der Waals surface area (Å²) in [5, 5.41) is 0. The first kappa shape index (κ1) is 21.6. The lowest BCUT2D eigenvalue weighted by atomic mass is 9.80. The standard InChI is InChI=1S/C16H30O.C3H8/c1-8-14(5)15(17-7)12-16(6,9-2)11-10-13(3)4;1-3-2/h8,12-13H,9-11H2,1-7H3;3H2,1-2H3/b14-8-,15-12+;. The quantitative estimate of drug-likeness (QED) is 0.370. The van der Waals surface area contributed by atoms with Gasteiger partial charge in [0.2, 0.25) is 0 Å². The van der Waals surface area contributed by atoms with Crippen molar-refractivity contribution in [3.8, 4) is 0 Å². The Balaban J connectivity index is 0. The van der Waals surface area contributed by atoms with Crippen LogP contribution in [0, 0.1) is 11.3 Å². The first-order chi connectivity index (χ1) is 9.29. The van der Waals surface area contributed by atoms with Crippen molar-refractivity contribution in [2.45, 2.75) is 81.1 Å². The number of rotatable bonds is 7. The largest absolute Gasteiger partial charge is 0.497 e. The van der Waals surface area contributed by atoms with Gasteiger partial charge in [0.1, 0.15) is 5.76 Å². The number of hydrogen-bond acceptors (Lipinski definition) is 1. The number of methoxy groups -OCH3 is 1. The van der Waals surface area contributed by atoms with Crippen molar-refractivity contribution in [2.75, 3.05) is 7.11 Å². The van der Waals surface area contributed by atoms with E-state index < -0.39 is 0 Å². The SMILES string of the molecule is C/C=C(C)\C(=C/C(C)(CC)CCC(C)C)OC.CCC. The van der Waals surface area contributed by atoms with Gasteiger partial charge in [0, 0.05) is 0 Å². The molecule has 1 atom stereocenters. The fraction of sp³-hybridized carbons (Fsp3) is 0.789. The van der Waals surface area contributed by atoms with Gasteiger partial charge in [0.05, 0.1) is 7.11 Å². The summed E-state index contributed by atoms with van der Waals surface area (Å²) in [6, 6.07) is 0. The molecule has 0 amide bonds. The van der Waals surface area contributed by atoms with Crippen molar-refractivity contribution in [3.05, 3.63) is 23.5 Å². The van der Waals surface area contributed by atoms with Crippen LogP contribution in [0.5, 0.6) is 0 Å². The van der Waals surface area contributed by atoms with Gasteiger partial charge < -0.3 is 4.74 Å². The molecular weight excluding hydrogens is 244 g/mol. The smallest absolute Gasteiger partial charge is 0.118 e. The van der Waals surface area contributed by atoms with Crippen LogP contribution in [0.3, 0.4) is 0 Å². The number of ether oxygens (including phenoxy) is 1. The minimum Gasteiger partial charge on any atom is -0.497 e. The van der Waals surface area contributed by atoms with E-state index in [1.807, 2.05) is 0 Å². The molecule has 0 aromatic rings. The first-order valence-corrected chi connectivity index (χ1v) is 8.20. The van der Waals surface area contributed by atoms with Gasteiger partial charge in [0.15, 0.2) is 0 Å². The second kappa shape index (κ2) is 12.1. The lowest BCUT2D eigenvalue weighted by molar-refractivity contribution is 0.274. The van der Waals surface area contributed by atoms with Crippen molar-refractivity contribution >= 4 is 0 Å². The Kier molecular flexibility index (Phi) is 13.0. The van der Waals surface area contributed by atoms with Gasteiger partial charge in [-0.15, -0.1) is 0 Å². The predicted octanol–water partition coefficient (Wildman–Crippen LogP) is 6.75. The molecule has 120 valence electrons. The van der Waals surface area contributed by atoms with E-state index in [4.69, 9.17) is 4.74 Å². The Bertz CT molecular complexity index is 286. The fourth-order valence-corrected chi connectivity index (χ4v) is 1.76. The van der Waals surface area contributed by atoms with Crippen LogP contribution in [0.1, 0.15) is 81.1 Å². The Morgan fingerprint density at radius 3 is 2.00 bits per heavy atom. The molecule has 1 unspecified atom stereocenters. The maximum atomic E-state index is 5.50. The van der Waals surface area contributed by atoms with Crippen LogP contribution in [-0.4, -0.2) is 7.11 Å². The maximum absolute atomic E-state index is 5.50. The zero-order valence-electron chi connectivity index (χ0n) is 15.5. The summed E-state index contributed by atoms with van der Waals surface area (Å²) in [5.41, 5.74) is 1.47. The normalized spacial score (nSPS) is 15.5. The lowest BCUT2D eigenvalue weighted by Crippen LogP contribution is -2.14. The third-order valence-corrected chi connectivity index (χ3v) is 3.62. The summed E-state index contributed by atoms with van der Waals surface area (Å²) < 4.78 is 5.50. The molecule has 0 saturated carbocycles. The van der Waals surface area contributed by atoms with E-state index in [1.54, 1.807) is 7.11 Å². The minimum atomic E-state index is 0.250. The first-order valence-electron chi connectivity index (χ1n) is 8.20. The highest BCUT2D eigenvalue weighted by molar-refractivity contribution is 5.25. The molecular formula is C19H38O. The van der Waals surface area contributed by atoms with Gasteiger partial charge >= 0.3 is 0 Å². The molecule has 0 radical (unpaired) electrons. The third kappa shape index (κ3) is 10.1. The van der Waals surface area contributed by atoms with E-state index in [2.05, 4.69) is 67.5 Å². The molecule has 20 heavy (non-hydrogen) atoms. The van der Waals surface area contributed by atoms with E-state index >= 15 is 0 Å². The molecule has 0 aliphatic heterocycles. The van der Waals surface area contributed by atoms with Gasteiger partial charge in [-0.2, -0.15) is 0 Å². The average Bonchev–Trinajstić information content (AvgIpc) is 2.42. The van der Waals surface area contributed by atoms with Crippen molar-refractivity contribution in [2.24, 2.45) is 11.3 Å². The highest BCUT2D eigenvalue weighted by Crippen LogP contribution is 2.33. The third-order valence-electron chi connectivity index (χ3n) is 3.62. The minimum absolute atomic E-state index is 0.250. The molecule has 0 saturated heterocycles. The highest BCUT2D eigenvalue weighted by Gasteiger charge is 2.21. The molecule has 0 aromatic carbocycles. The summed E-state index contributed by atoms with van der Waals surface area (Å²) in [6.07, 6.45) is 9.32. The molecule has 0 bridgehead atoms. The van der Waals surface area contributed by atoms with E-state index in [1.165, 1.54) is 24.8 Å². The highest BCUT2D eigenvalue weighted by atomic mass is 16.5. The average molecular weight is 283 g/mol. The maximum Gasteiger partial charge on any atom is 0.118 e. The second-order valence-corrected chi connectivity index (χ2v) is 6.33. The molecule has 0 rings (SSSR count). The molecule has 0 N–H and O–H groups in total. The monoisotopic (exact) mass is 282 g/mol. The molecule has 0 aliphatic rings. The number of hydrogen-bond donors (Lipinski definition) is 0. The Hall–Kier alpha value is -0.720. The zero-order valence-corrected chi connectivity index (χ0v) is 15.5. The van der Waals surface area contributed by atoms with Crippen LogP contribution in [0.15, 0.2) is 23.5 Å². The molecule has 0 aromatic heterocycles. The van der Waals surface area contributed by atoms with E-state index in [0.29, 0.717) is 0 Å². The van der Waals surface area contributed by atoms with Gasteiger partial charge in [-0.3, -0.25) is 0 Å². The molecule has 0 fully saturated rings. The molecule has 0 spiro atoms.